The van der Waals surface area contributed by atoms with Gasteiger partial charge in [0, 0.05) is 22.4 Å². The lowest BCUT2D eigenvalue weighted by Crippen LogP contribution is -2.16. The largest absolute Gasteiger partial charge is 0.497 e. The van der Waals surface area contributed by atoms with Gasteiger partial charge in [-0.15, -0.1) is 23.1 Å². The second kappa shape index (κ2) is 9.94. The van der Waals surface area contributed by atoms with Gasteiger partial charge in [-0.25, -0.2) is 4.98 Å². The molecule has 4 nitrogen and oxygen atoms in total. The third kappa shape index (κ3) is 5.61. The maximum Gasteiger partial charge on any atom is 0.234 e. The summed E-state index contributed by atoms with van der Waals surface area (Å²) in [6, 6.07) is 14.0. The Hall–Kier alpha value is -2.31. The van der Waals surface area contributed by atoms with Crippen LogP contribution in [-0.2, 0) is 10.5 Å². The molecule has 0 aliphatic rings. The van der Waals surface area contributed by atoms with E-state index in [2.05, 4.69) is 30.6 Å². The minimum absolute atomic E-state index is 0.0248. The molecule has 0 fully saturated rings. The number of rotatable bonds is 8. The minimum atomic E-state index is 0.0248. The standard InChI is InChI=1S/C23H26N2O2S2/c1-15(2)20-7-5-6-16(3)22(20)25-21(26)14-28-12-18-13-29-23(24-18)17-8-10-19(27-4)11-9-17/h5-11,13,15H,12,14H2,1-4H3,(H,25,26). The molecule has 29 heavy (non-hydrogen) atoms. The topological polar surface area (TPSA) is 51.2 Å². The molecule has 0 saturated carbocycles. The molecule has 3 aromatic rings. The average Bonchev–Trinajstić information content (AvgIpc) is 3.18. The Kier molecular flexibility index (Phi) is 7.34. The third-order valence-corrected chi connectivity index (χ3v) is 6.47. The van der Waals surface area contributed by atoms with Crippen molar-refractivity contribution in [3.8, 4) is 16.3 Å². The van der Waals surface area contributed by atoms with Gasteiger partial charge in [0.25, 0.3) is 0 Å². The zero-order valence-electron chi connectivity index (χ0n) is 17.2. The van der Waals surface area contributed by atoms with Crippen molar-refractivity contribution in [2.45, 2.75) is 32.4 Å². The summed E-state index contributed by atoms with van der Waals surface area (Å²) in [5.41, 5.74) is 5.29. The molecular formula is C23H26N2O2S2. The van der Waals surface area contributed by atoms with Gasteiger partial charge in [-0.3, -0.25) is 4.79 Å². The van der Waals surface area contributed by atoms with E-state index in [-0.39, 0.29) is 5.91 Å². The highest BCUT2D eigenvalue weighted by atomic mass is 32.2. The van der Waals surface area contributed by atoms with Crippen LogP contribution in [0.2, 0.25) is 0 Å². The molecule has 0 aliphatic heterocycles. The van der Waals surface area contributed by atoms with Gasteiger partial charge in [-0.1, -0.05) is 32.0 Å². The van der Waals surface area contributed by atoms with Gasteiger partial charge in [0.15, 0.2) is 0 Å². The van der Waals surface area contributed by atoms with E-state index in [1.807, 2.05) is 43.3 Å². The Balaban J connectivity index is 1.54. The maximum absolute atomic E-state index is 12.5. The number of thioether (sulfide) groups is 1. The summed E-state index contributed by atoms with van der Waals surface area (Å²) in [4.78, 5) is 17.1. The second-order valence-corrected chi connectivity index (χ2v) is 8.95. The zero-order valence-corrected chi connectivity index (χ0v) is 18.8. The zero-order chi connectivity index (χ0) is 20.8. The fourth-order valence-electron chi connectivity index (χ4n) is 3.01. The van der Waals surface area contributed by atoms with Crippen molar-refractivity contribution in [3.05, 3.63) is 64.7 Å². The summed E-state index contributed by atoms with van der Waals surface area (Å²) >= 11 is 3.20. The lowest BCUT2D eigenvalue weighted by molar-refractivity contribution is -0.113. The van der Waals surface area contributed by atoms with Crippen LogP contribution >= 0.6 is 23.1 Å². The van der Waals surface area contributed by atoms with Crippen molar-refractivity contribution in [1.29, 1.82) is 0 Å². The van der Waals surface area contributed by atoms with Crippen LogP contribution in [0.4, 0.5) is 5.69 Å². The van der Waals surface area contributed by atoms with E-state index in [0.717, 1.165) is 33.3 Å². The van der Waals surface area contributed by atoms with Gasteiger partial charge in [-0.05, 0) is 48.2 Å². The molecule has 1 heterocycles. The molecule has 3 rings (SSSR count). The summed E-state index contributed by atoms with van der Waals surface area (Å²) in [6.07, 6.45) is 0. The molecule has 0 radical (unpaired) electrons. The molecule has 0 spiro atoms. The van der Waals surface area contributed by atoms with Gasteiger partial charge < -0.3 is 10.1 Å². The summed E-state index contributed by atoms with van der Waals surface area (Å²) in [6.45, 7) is 6.31. The van der Waals surface area contributed by atoms with E-state index < -0.39 is 0 Å². The van der Waals surface area contributed by atoms with Crippen LogP contribution in [0.3, 0.4) is 0 Å². The van der Waals surface area contributed by atoms with E-state index in [0.29, 0.717) is 17.4 Å². The van der Waals surface area contributed by atoms with Crippen LogP contribution in [0.1, 0.15) is 36.6 Å². The van der Waals surface area contributed by atoms with Gasteiger partial charge >= 0.3 is 0 Å². The predicted molar refractivity (Wildman–Crippen MR) is 124 cm³/mol. The van der Waals surface area contributed by atoms with Crippen LogP contribution in [0, 0.1) is 6.92 Å². The van der Waals surface area contributed by atoms with Crippen molar-refractivity contribution in [3.63, 3.8) is 0 Å². The molecule has 0 unspecified atom stereocenters. The normalized spacial score (nSPS) is 10.9. The number of carbonyl (C=O) groups is 1. The van der Waals surface area contributed by atoms with Crippen molar-refractivity contribution >= 4 is 34.7 Å². The number of aryl methyl sites for hydroxylation is 1. The third-order valence-electron chi connectivity index (χ3n) is 4.56. The number of aromatic nitrogens is 1. The molecule has 0 bridgehead atoms. The van der Waals surface area contributed by atoms with Crippen LogP contribution in [-0.4, -0.2) is 23.8 Å². The van der Waals surface area contributed by atoms with E-state index >= 15 is 0 Å². The summed E-state index contributed by atoms with van der Waals surface area (Å²) < 4.78 is 5.20. The lowest BCUT2D eigenvalue weighted by atomic mass is 9.98. The Bertz CT molecular complexity index is 965. The van der Waals surface area contributed by atoms with Gasteiger partial charge in [0.2, 0.25) is 5.91 Å². The molecule has 0 saturated heterocycles. The van der Waals surface area contributed by atoms with Crippen LogP contribution in [0.25, 0.3) is 10.6 Å². The maximum atomic E-state index is 12.5. The molecule has 1 N–H and O–H groups in total. The number of methoxy groups -OCH3 is 1. The Morgan fingerprint density at radius 1 is 1.21 bits per heavy atom. The molecular weight excluding hydrogens is 400 g/mol. The van der Waals surface area contributed by atoms with Crippen molar-refractivity contribution in [1.82, 2.24) is 4.98 Å². The minimum Gasteiger partial charge on any atom is -0.497 e. The highest BCUT2D eigenvalue weighted by molar-refractivity contribution is 7.99. The van der Waals surface area contributed by atoms with E-state index in [4.69, 9.17) is 9.72 Å². The molecule has 6 heteroatoms. The monoisotopic (exact) mass is 426 g/mol. The first kappa shape index (κ1) is 21.4. The Morgan fingerprint density at radius 3 is 2.66 bits per heavy atom. The number of thiazole rings is 1. The highest BCUT2D eigenvalue weighted by Crippen LogP contribution is 2.29. The number of anilines is 1. The fraction of sp³-hybridized carbons (Fsp3) is 0.304. The molecule has 1 aromatic heterocycles. The summed E-state index contributed by atoms with van der Waals surface area (Å²) in [5, 5.41) is 6.14. The van der Waals surface area contributed by atoms with Crippen LogP contribution in [0.15, 0.2) is 47.8 Å². The number of nitrogens with zero attached hydrogens (tertiary/aromatic N) is 1. The van der Waals surface area contributed by atoms with E-state index in [9.17, 15) is 4.79 Å². The van der Waals surface area contributed by atoms with Crippen molar-refractivity contribution < 1.29 is 9.53 Å². The van der Waals surface area contributed by atoms with Crippen LogP contribution in [0.5, 0.6) is 5.75 Å². The van der Waals surface area contributed by atoms with Gasteiger partial charge in [0.05, 0.1) is 18.6 Å². The smallest absolute Gasteiger partial charge is 0.234 e. The first-order valence-electron chi connectivity index (χ1n) is 9.54. The van der Waals surface area contributed by atoms with Gasteiger partial charge in [-0.2, -0.15) is 0 Å². The first-order chi connectivity index (χ1) is 14.0. The van der Waals surface area contributed by atoms with E-state index in [1.54, 1.807) is 30.2 Å². The molecule has 0 aliphatic carbocycles. The Morgan fingerprint density at radius 2 is 1.97 bits per heavy atom. The van der Waals surface area contributed by atoms with Crippen molar-refractivity contribution in [2.75, 3.05) is 18.2 Å². The van der Waals surface area contributed by atoms with E-state index in [1.165, 1.54) is 5.56 Å². The van der Waals surface area contributed by atoms with Gasteiger partial charge in [0.1, 0.15) is 10.8 Å². The molecule has 0 atom stereocenters. The fourth-order valence-corrected chi connectivity index (χ4v) is 4.65. The summed E-state index contributed by atoms with van der Waals surface area (Å²) in [5.74, 6) is 2.34. The van der Waals surface area contributed by atoms with Crippen LogP contribution < -0.4 is 10.1 Å². The number of ether oxygens (including phenoxy) is 1. The number of para-hydroxylation sites is 1. The molecule has 1 amide bonds. The number of amides is 1. The SMILES string of the molecule is COc1ccc(-c2nc(CSCC(=O)Nc3c(C)cccc3C(C)C)cs2)cc1. The number of carbonyl (C=O) groups excluding carboxylic acids is 1. The Labute approximate surface area is 180 Å². The number of hydrogen-bond donors (Lipinski definition) is 1. The lowest BCUT2D eigenvalue weighted by Gasteiger charge is -2.16. The quantitative estimate of drug-likeness (QED) is 0.471. The summed E-state index contributed by atoms with van der Waals surface area (Å²) in [7, 11) is 1.66. The predicted octanol–water partition coefficient (Wildman–Crippen LogP) is 6.12. The number of hydrogen-bond acceptors (Lipinski definition) is 5. The number of benzene rings is 2. The average molecular weight is 427 g/mol. The molecule has 152 valence electrons. The molecule has 2 aromatic carbocycles. The number of nitrogens with one attached hydrogen (secondary N) is 1. The second-order valence-electron chi connectivity index (χ2n) is 7.11. The van der Waals surface area contributed by atoms with Crippen molar-refractivity contribution in [2.24, 2.45) is 0 Å². The highest BCUT2D eigenvalue weighted by Gasteiger charge is 2.12. The first-order valence-corrected chi connectivity index (χ1v) is 11.6.